The lowest BCUT2D eigenvalue weighted by Crippen LogP contribution is -3.18. The number of nitrogens with zero attached hydrogens (tertiary/aromatic N) is 1. The third-order valence-electron chi connectivity index (χ3n) is 5.70. The molecular formula is C21H28N3O4+. The molecule has 7 nitrogen and oxygen atoms in total. The largest absolute Gasteiger partial charge is 0.508 e. The molecule has 3 rings (SSSR count). The number of carbonyl (C=O) groups is 2. The summed E-state index contributed by atoms with van der Waals surface area (Å²) in [5.74, 6) is -0.146. The van der Waals surface area contributed by atoms with Crippen LogP contribution in [0, 0.1) is 13.8 Å². The lowest BCUT2D eigenvalue weighted by Gasteiger charge is -2.36. The minimum Gasteiger partial charge on any atom is -0.508 e. The number of aromatic amines is 1. The molecule has 1 aromatic carbocycles. The minimum atomic E-state index is -0.423. The van der Waals surface area contributed by atoms with E-state index in [1.807, 2.05) is 19.1 Å². The van der Waals surface area contributed by atoms with E-state index in [-0.39, 0.29) is 17.6 Å². The standard InChI is InChI=1S/C21H27N3O4/c1-13-18(21(27)28-4)14(2)22-19(13)20(26)15(3)23-9-11-24(12-10-23)16-5-7-17(25)8-6-16/h5-8,15,22,25H,9-12H2,1-4H3/p+1/t15-/m0/s1. The quantitative estimate of drug-likeness (QED) is 0.529. The van der Waals surface area contributed by atoms with Gasteiger partial charge in [0.1, 0.15) is 5.75 Å². The van der Waals surface area contributed by atoms with E-state index in [0.29, 0.717) is 22.5 Å². The molecule has 1 saturated heterocycles. The molecule has 0 saturated carbocycles. The summed E-state index contributed by atoms with van der Waals surface area (Å²) in [7, 11) is 1.34. The zero-order chi connectivity index (χ0) is 20.4. The fraction of sp³-hybridized carbons (Fsp3) is 0.429. The third kappa shape index (κ3) is 3.75. The molecule has 1 fully saturated rings. The Hall–Kier alpha value is -2.80. The predicted molar refractivity (Wildman–Crippen MR) is 106 cm³/mol. The molecular weight excluding hydrogens is 358 g/mol. The van der Waals surface area contributed by atoms with E-state index in [4.69, 9.17) is 4.74 Å². The summed E-state index contributed by atoms with van der Waals surface area (Å²) in [6, 6.07) is 7.00. The van der Waals surface area contributed by atoms with E-state index < -0.39 is 5.97 Å². The van der Waals surface area contributed by atoms with Gasteiger partial charge in [0.2, 0.25) is 5.78 Å². The zero-order valence-electron chi connectivity index (χ0n) is 16.8. The van der Waals surface area contributed by atoms with Gasteiger partial charge in [-0.05, 0) is 50.6 Å². The van der Waals surface area contributed by atoms with Gasteiger partial charge in [-0.2, -0.15) is 0 Å². The average Bonchev–Trinajstić information content (AvgIpc) is 3.01. The number of rotatable bonds is 5. The number of methoxy groups -OCH3 is 1. The van der Waals surface area contributed by atoms with Crippen molar-refractivity contribution < 1.29 is 24.3 Å². The SMILES string of the molecule is COC(=O)c1c(C)[nH]c(C(=O)[C@H](C)[NH+]2CCN(c3ccc(O)cc3)CC2)c1C. The van der Waals surface area contributed by atoms with E-state index in [2.05, 4.69) is 9.88 Å². The maximum absolute atomic E-state index is 13.1. The smallest absolute Gasteiger partial charge is 0.339 e. The van der Waals surface area contributed by atoms with Gasteiger partial charge in [0.25, 0.3) is 0 Å². The van der Waals surface area contributed by atoms with Crippen LogP contribution in [0.4, 0.5) is 5.69 Å². The van der Waals surface area contributed by atoms with Gasteiger partial charge in [-0.3, -0.25) is 4.79 Å². The molecule has 1 atom stereocenters. The molecule has 2 heterocycles. The summed E-state index contributed by atoms with van der Waals surface area (Å²) in [5.41, 5.74) is 3.34. The fourth-order valence-electron chi connectivity index (χ4n) is 3.96. The van der Waals surface area contributed by atoms with Crippen molar-refractivity contribution in [3.8, 4) is 5.75 Å². The maximum Gasteiger partial charge on any atom is 0.339 e. The van der Waals surface area contributed by atoms with Crippen LogP contribution in [0.5, 0.6) is 5.75 Å². The summed E-state index contributed by atoms with van der Waals surface area (Å²) in [6.07, 6.45) is 0. The highest BCUT2D eigenvalue weighted by atomic mass is 16.5. The van der Waals surface area contributed by atoms with Crippen molar-refractivity contribution in [1.29, 1.82) is 0 Å². The highest BCUT2D eigenvalue weighted by molar-refractivity contribution is 6.03. The number of aryl methyl sites for hydroxylation is 1. The predicted octanol–water partition coefficient (Wildman–Crippen LogP) is 1.10. The number of piperazine rings is 1. The van der Waals surface area contributed by atoms with Crippen molar-refractivity contribution in [3.63, 3.8) is 0 Å². The van der Waals surface area contributed by atoms with Gasteiger partial charge in [-0.1, -0.05) is 0 Å². The number of nitrogens with one attached hydrogen (secondary N) is 2. The van der Waals surface area contributed by atoms with Gasteiger partial charge in [-0.15, -0.1) is 0 Å². The first-order valence-electron chi connectivity index (χ1n) is 9.53. The normalized spacial score (nSPS) is 16.1. The van der Waals surface area contributed by atoms with Crippen LogP contribution in [0.1, 0.15) is 39.0 Å². The molecule has 7 heteroatoms. The number of Topliss-reactive ketones (excluding diaryl/α,β-unsaturated/α-hetero) is 1. The van der Waals surface area contributed by atoms with Crippen molar-refractivity contribution >= 4 is 17.4 Å². The minimum absolute atomic E-state index is 0.0174. The number of phenolic OH excluding ortho intramolecular Hbond substituents is 1. The lowest BCUT2D eigenvalue weighted by molar-refractivity contribution is -0.914. The molecule has 1 aromatic heterocycles. The molecule has 0 unspecified atom stereocenters. The monoisotopic (exact) mass is 386 g/mol. The van der Waals surface area contributed by atoms with Crippen molar-refractivity contribution in [2.75, 3.05) is 38.2 Å². The van der Waals surface area contributed by atoms with Crippen LogP contribution in [0.3, 0.4) is 0 Å². The summed E-state index contributed by atoms with van der Waals surface area (Å²) in [4.78, 5) is 31.6. The third-order valence-corrected chi connectivity index (χ3v) is 5.70. The highest BCUT2D eigenvalue weighted by Crippen LogP contribution is 2.20. The van der Waals surface area contributed by atoms with E-state index >= 15 is 0 Å². The van der Waals surface area contributed by atoms with Crippen LogP contribution in [0.2, 0.25) is 0 Å². The fourth-order valence-corrected chi connectivity index (χ4v) is 3.96. The van der Waals surface area contributed by atoms with Gasteiger partial charge >= 0.3 is 5.97 Å². The van der Waals surface area contributed by atoms with Gasteiger partial charge in [0, 0.05) is 11.4 Å². The number of carbonyl (C=O) groups excluding carboxylic acids is 2. The Balaban J connectivity index is 1.68. The average molecular weight is 386 g/mol. The summed E-state index contributed by atoms with van der Waals surface area (Å²) in [5, 5.41) is 9.44. The van der Waals surface area contributed by atoms with Crippen LogP contribution in [-0.2, 0) is 4.74 Å². The number of quaternary nitrogens is 1. The number of hydrogen-bond donors (Lipinski definition) is 3. The first-order chi connectivity index (χ1) is 13.3. The number of hydrogen-bond acceptors (Lipinski definition) is 5. The van der Waals surface area contributed by atoms with Crippen molar-refractivity contribution in [2.24, 2.45) is 0 Å². The van der Waals surface area contributed by atoms with Gasteiger partial charge < -0.3 is 24.6 Å². The van der Waals surface area contributed by atoms with Gasteiger partial charge in [0.05, 0.1) is 44.5 Å². The summed E-state index contributed by atoms with van der Waals surface area (Å²) < 4.78 is 4.83. The number of aromatic hydroxyl groups is 1. The molecule has 1 aliphatic heterocycles. The number of phenols is 1. The van der Waals surface area contributed by atoms with Crippen molar-refractivity contribution in [3.05, 3.63) is 46.8 Å². The number of ether oxygens (including phenoxy) is 1. The van der Waals surface area contributed by atoms with Crippen molar-refractivity contribution in [1.82, 2.24) is 4.98 Å². The second kappa shape index (κ2) is 8.06. The van der Waals surface area contributed by atoms with Crippen LogP contribution >= 0.6 is 0 Å². The lowest BCUT2D eigenvalue weighted by atomic mass is 10.0. The topological polar surface area (TPSA) is 87.1 Å². The maximum atomic E-state index is 13.1. The zero-order valence-corrected chi connectivity index (χ0v) is 16.8. The Bertz CT molecular complexity index is 865. The van der Waals surface area contributed by atoms with E-state index in [1.165, 1.54) is 12.0 Å². The highest BCUT2D eigenvalue weighted by Gasteiger charge is 2.33. The number of ketones is 1. The van der Waals surface area contributed by atoms with Crippen LogP contribution in [0.15, 0.2) is 24.3 Å². The Labute approximate surface area is 164 Å². The molecule has 3 N–H and O–H groups in total. The van der Waals surface area contributed by atoms with Gasteiger partial charge in [0.15, 0.2) is 6.04 Å². The van der Waals surface area contributed by atoms with Crippen LogP contribution in [-0.4, -0.2) is 61.2 Å². The molecule has 1 aliphatic rings. The van der Waals surface area contributed by atoms with Crippen LogP contribution < -0.4 is 9.80 Å². The molecule has 150 valence electrons. The van der Waals surface area contributed by atoms with E-state index in [0.717, 1.165) is 31.9 Å². The molecule has 0 radical (unpaired) electrons. The number of H-pyrrole nitrogens is 1. The summed E-state index contributed by atoms with van der Waals surface area (Å²) >= 11 is 0. The molecule has 0 amide bonds. The molecule has 0 spiro atoms. The van der Waals surface area contributed by atoms with Gasteiger partial charge in [-0.25, -0.2) is 4.79 Å². The second-order valence-electron chi connectivity index (χ2n) is 7.36. The van der Waals surface area contributed by atoms with Crippen LogP contribution in [0.25, 0.3) is 0 Å². The molecule has 2 aromatic rings. The number of anilines is 1. The number of benzene rings is 1. The molecule has 0 aliphatic carbocycles. The Morgan fingerprint density at radius 1 is 1.18 bits per heavy atom. The Morgan fingerprint density at radius 2 is 1.79 bits per heavy atom. The van der Waals surface area contributed by atoms with E-state index in [9.17, 15) is 14.7 Å². The first kappa shape index (κ1) is 19.9. The Morgan fingerprint density at radius 3 is 2.36 bits per heavy atom. The number of esters is 1. The molecule has 28 heavy (non-hydrogen) atoms. The Kier molecular flexibility index (Phi) is 5.74. The number of aromatic nitrogens is 1. The van der Waals surface area contributed by atoms with Crippen molar-refractivity contribution in [2.45, 2.75) is 26.8 Å². The summed E-state index contributed by atoms with van der Waals surface area (Å²) in [6.45, 7) is 8.88. The van der Waals surface area contributed by atoms with E-state index in [1.54, 1.807) is 26.0 Å². The first-order valence-corrected chi connectivity index (χ1v) is 9.53. The second-order valence-corrected chi connectivity index (χ2v) is 7.36. The molecule has 0 bridgehead atoms.